The molecule has 0 radical (unpaired) electrons. The molecule has 1 aliphatic rings. The van der Waals surface area contributed by atoms with Crippen LogP contribution in [0.3, 0.4) is 0 Å². The van der Waals surface area contributed by atoms with Crippen molar-refractivity contribution in [2.45, 2.75) is 247 Å². The highest BCUT2D eigenvalue weighted by atomic mass is 32.3. The van der Waals surface area contributed by atoms with Crippen LogP contribution in [0.4, 0.5) is 0 Å². The van der Waals surface area contributed by atoms with E-state index in [0.29, 0.717) is 5.41 Å². The van der Waals surface area contributed by atoms with Gasteiger partial charge in [0, 0.05) is 0 Å². The van der Waals surface area contributed by atoms with Crippen molar-refractivity contribution in [3.8, 4) is 0 Å². The summed E-state index contributed by atoms with van der Waals surface area (Å²) in [5.41, 5.74) is 11.6. The summed E-state index contributed by atoms with van der Waals surface area (Å²) < 4.78 is 0. The van der Waals surface area contributed by atoms with Crippen LogP contribution < -0.4 is 0 Å². The highest BCUT2D eigenvalue weighted by Crippen LogP contribution is 2.50. The van der Waals surface area contributed by atoms with Crippen LogP contribution in [0.1, 0.15) is 238 Å². The predicted octanol–water partition coefficient (Wildman–Crippen LogP) is 18.7. The van der Waals surface area contributed by atoms with Gasteiger partial charge in [-0.05, 0) is 189 Å². The van der Waals surface area contributed by atoms with Crippen molar-refractivity contribution in [1.29, 1.82) is 0 Å². The second-order valence-corrected chi connectivity index (χ2v) is 24.3. The van der Waals surface area contributed by atoms with Gasteiger partial charge in [0.2, 0.25) is 0 Å². The molecular formula is C56H98S. The standard InChI is InChI=1S/C56H98S/c1-11-13-15-17-18-19-20-21-22-23-24-25-26-27-29-39-54(57(9,10)43-30-28-16-14-12-2)46-52-44-51(7)55-47-56(8,42-40-53(55)45-52)41-33-38-50(6)37-32-36-49(5)35-31-34-48(3)4/h21-22,34,36,38,44-45,54H,11-20,23-33,35,37,39-43,46-47H2,1-10H3/b22-21-,49-36+,50-38+. The smallest absolute Gasteiger partial charge is 0.00762 e. The van der Waals surface area contributed by atoms with Gasteiger partial charge < -0.3 is 0 Å². The van der Waals surface area contributed by atoms with Gasteiger partial charge in [-0.15, -0.1) is 0 Å². The molecule has 2 atom stereocenters. The lowest BCUT2D eigenvalue weighted by molar-refractivity contribution is 0.257. The summed E-state index contributed by atoms with van der Waals surface area (Å²) in [6.07, 6.45) is 56.8. The van der Waals surface area contributed by atoms with E-state index in [1.165, 1.54) is 198 Å². The molecule has 0 spiro atoms. The molecule has 1 aliphatic carbocycles. The van der Waals surface area contributed by atoms with Gasteiger partial charge in [0.25, 0.3) is 0 Å². The first kappa shape index (κ1) is 51.7. The molecule has 0 bridgehead atoms. The van der Waals surface area contributed by atoms with Crippen LogP contribution >= 0.6 is 10.0 Å². The number of fused-ring (bicyclic) bond motifs is 1. The quantitative estimate of drug-likeness (QED) is 0.0490. The van der Waals surface area contributed by atoms with Gasteiger partial charge in [0.15, 0.2) is 0 Å². The van der Waals surface area contributed by atoms with Crippen LogP contribution in [0.2, 0.25) is 0 Å². The monoisotopic (exact) mass is 803 g/mol. The number of allylic oxidation sites excluding steroid dienone is 8. The van der Waals surface area contributed by atoms with E-state index in [1.807, 2.05) is 0 Å². The van der Waals surface area contributed by atoms with Gasteiger partial charge in [-0.3, -0.25) is 0 Å². The summed E-state index contributed by atoms with van der Waals surface area (Å²) in [5, 5.41) is 0.858. The van der Waals surface area contributed by atoms with E-state index < -0.39 is 10.0 Å². The highest BCUT2D eigenvalue weighted by molar-refractivity contribution is 8.33. The minimum Gasteiger partial charge on any atom is -0.244 e. The van der Waals surface area contributed by atoms with Crippen molar-refractivity contribution in [1.82, 2.24) is 0 Å². The average Bonchev–Trinajstić information content (AvgIpc) is 3.16. The van der Waals surface area contributed by atoms with Crippen LogP contribution in [0.5, 0.6) is 0 Å². The molecule has 0 nitrogen and oxygen atoms in total. The van der Waals surface area contributed by atoms with E-state index >= 15 is 0 Å². The molecule has 57 heavy (non-hydrogen) atoms. The Bertz CT molecular complexity index is 1310. The van der Waals surface area contributed by atoms with Crippen molar-refractivity contribution < 1.29 is 0 Å². The molecule has 1 aromatic carbocycles. The van der Waals surface area contributed by atoms with E-state index in [2.05, 4.69) is 110 Å². The normalized spacial score (nSPS) is 17.3. The molecule has 1 heteroatoms. The average molecular weight is 803 g/mol. The third kappa shape index (κ3) is 23.8. The van der Waals surface area contributed by atoms with Crippen molar-refractivity contribution >= 4 is 10.0 Å². The van der Waals surface area contributed by atoms with Crippen LogP contribution in [-0.4, -0.2) is 23.5 Å². The summed E-state index contributed by atoms with van der Waals surface area (Å²) in [6.45, 7) is 18.7. The molecule has 0 saturated carbocycles. The molecule has 328 valence electrons. The first-order valence-corrected chi connectivity index (χ1v) is 27.5. The summed E-state index contributed by atoms with van der Waals surface area (Å²) in [5.74, 6) is 1.47. The maximum atomic E-state index is 2.70. The van der Waals surface area contributed by atoms with Crippen LogP contribution in [0.15, 0.2) is 59.2 Å². The molecule has 1 aromatic rings. The summed E-state index contributed by atoms with van der Waals surface area (Å²) in [4.78, 5) is 0. The topological polar surface area (TPSA) is 0 Å². The third-order valence-corrected chi connectivity index (χ3v) is 17.1. The molecule has 2 unspecified atom stereocenters. The molecule has 0 fully saturated rings. The molecule has 2 rings (SSSR count). The first-order valence-electron chi connectivity index (χ1n) is 24.8. The van der Waals surface area contributed by atoms with Crippen molar-refractivity contribution in [2.24, 2.45) is 5.41 Å². The molecule has 0 amide bonds. The van der Waals surface area contributed by atoms with Gasteiger partial charge in [0.05, 0.1) is 0 Å². The van der Waals surface area contributed by atoms with E-state index in [0.717, 1.165) is 5.25 Å². The highest BCUT2D eigenvalue weighted by Gasteiger charge is 2.31. The fourth-order valence-corrected chi connectivity index (χ4v) is 12.1. The Balaban J connectivity index is 1.90. The maximum Gasteiger partial charge on any atom is -0.00762 e. The zero-order valence-corrected chi connectivity index (χ0v) is 41.1. The Labute approximate surface area is 360 Å². The molecular weight excluding hydrogens is 705 g/mol. The van der Waals surface area contributed by atoms with E-state index in [1.54, 1.807) is 33.4 Å². The summed E-state index contributed by atoms with van der Waals surface area (Å²) >= 11 is 0. The van der Waals surface area contributed by atoms with Gasteiger partial charge in [0.1, 0.15) is 0 Å². The van der Waals surface area contributed by atoms with Gasteiger partial charge in [-0.1, -0.05) is 163 Å². The number of hydrogen-bond acceptors (Lipinski definition) is 0. The van der Waals surface area contributed by atoms with Crippen LogP contribution in [0, 0.1) is 12.3 Å². The summed E-state index contributed by atoms with van der Waals surface area (Å²) in [6, 6.07) is 5.32. The second-order valence-electron chi connectivity index (χ2n) is 20.0. The fraction of sp³-hybridized carbons (Fsp3) is 0.750. The van der Waals surface area contributed by atoms with Gasteiger partial charge >= 0.3 is 0 Å². The Morgan fingerprint density at radius 3 is 1.82 bits per heavy atom. The van der Waals surface area contributed by atoms with Crippen LogP contribution in [-0.2, 0) is 19.3 Å². The number of unbranched alkanes of at least 4 members (excludes halogenated alkanes) is 15. The number of hydrogen-bond donors (Lipinski definition) is 0. The zero-order valence-electron chi connectivity index (χ0n) is 40.2. The Kier molecular flexibility index (Phi) is 27.7. The fourth-order valence-electron chi connectivity index (χ4n) is 9.33. The molecule has 0 aliphatic heterocycles. The minimum absolute atomic E-state index is 0.424. The first-order chi connectivity index (χ1) is 27.4. The van der Waals surface area contributed by atoms with Gasteiger partial charge in [-0.25, -0.2) is 10.0 Å². The number of benzene rings is 1. The predicted molar refractivity (Wildman–Crippen MR) is 266 cm³/mol. The molecule has 0 aromatic heterocycles. The molecule has 0 saturated heterocycles. The SMILES string of the molecule is CCCCCCCC/C=C\CCCCCCCC(Cc1cc(C)c2c(c1)CCC(C)(CC/C=C(\C)CC/C=C(\C)CCC=C(C)C)C2)S(C)(C)CCCCCCC. The lowest BCUT2D eigenvalue weighted by Crippen LogP contribution is -2.27. The summed E-state index contributed by atoms with van der Waals surface area (Å²) in [7, 11) is -0.634. The Morgan fingerprint density at radius 1 is 0.667 bits per heavy atom. The lowest BCUT2D eigenvalue weighted by Gasteiger charge is -2.41. The molecule has 0 N–H and O–H groups in total. The van der Waals surface area contributed by atoms with Crippen LogP contribution in [0.25, 0.3) is 0 Å². The zero-order chi connectivity index (χ0) is 41.8. The van der Waals surface area contributed by atoms with Crippen molar-refractivity contribution in [2.75, 3.05) is 18.3 Å². The van der Waals surface area contributed by atoms with Gasteiger partial charge in [-0.2, -0.15) is 0 Å². The van der Waals surface area contributed by atoms with Crippen molar-refractivity contribution in [3.05, 3.63) is 81.5 Å². The van der Waals surface area contributed by atoms with E-state index in [4.69, 9.17) is 0 Å². The number of aryl methyl sites for hydroxylation is 2. The third-order valence-electron chi connectivity index (χ3n) is 13.5. The van der Waals surface area contributed by atoms with Crippen molar-refractivity contribution in [3.63, 3.8) is 0 Å². The second kappa shape index (κ2) is 30.5. The number of rotatable bonds is 33. The minimum atomic E-state index is -0.634. The Morgan fingerprint density at radius 2 is 1.21 bits per heavy atom. The van der Waals surface area contributed by atoms with E-state index in [-0.39, 0.29) is 0 Å². The molecule has 0 heterocycles. The largest absolute Gasteiger partial charge is 0.244 e. The lowest BCUT2D eigenvalue weighted by atomic mass is 9.69. The Hall–Kier alpha value is -1.47. The maximum absolute atomic E-state index is 2.70. The van der Waals surface area contributed by atoms with E-state index in [9.17, 15) is 0 Å².